The first-order chi connectivity index (χ1) is 6.83. The highest BCUT2D eigenvalue weighted by Gasteiger charge is 2.27. The Balaban J connectivity index is 3.13. The van der Waals surface area contributed by atoms with Crippen molar-refractivity contribution < 1.29 is 15.0 Å². The first-order valence-corrected chi connectivity index (χ1v) is 4.42. The number of hydrogen-bond donors (Lipinski definition) is 4. The second-order valence-corrected chi connectivity index (χ2v) is 3.76. The summed E-state index contributed by atoms with van der Waals surface area (Å²) in [6.07, 6.45) is -0.274. The Morgan fingerprint density at radius 2 is 2.13 bits per heavy atom. The first-order valence-electron chi connectivity index (χ1n) is 4.42. The monoisotopic (exact) mass is 210 g/mol. The molecular formula is C10H14N2O3. The quantitative estimate of drug-likeness (QED) is 0.432. The molecule has 0 fully saturated rings. The molecule has 6 N–H and O–H groups in total. The lowest BCUT2D eigenvalue weighted by atomic mass is 9.89. The van der Waals surface area contributed by atoms with Crippen molar-refractivity contribution in [2.75, 3.05) is 5.73 Å². The van der Waals surface area contributed by atoms with Gasteiger partial charge >= 0.3 is 5.97 Å². The summed E-state index contributed by atoms with van der Waals surface area (Å²) in [5.41, 5.74) is 11.0. The van der Waals surface area contributed by atoms with Gasteiger partial charge in [0.15, 0.2) is 0 Å². The van der Waals surface area contributed by atoms with E-state index in [1.165, 1.54) is 25.1 Å². The summed E-state index contributed by atoms with van der Waals surface area (Å²) in [5.74, 6) is -1.07. The number of aliphatic carboxylic acids is 1. The van der Waals surface area contributed by atoms with Crippen LogP contribution in [0.3, 0.4) is 0 Å². The van der Waals surface area contributed by atoms with Crippen LogP contribution >= 0.6 is 0 Å². The van der Waals surface area contributed by atoms with Crippen LogP contribution in [0.4, 0.5) is 5.69 Å². The van der Waals surface area contributed by atoms with Crippen LogP contribution in [-0.2, 0) is 10.3 Å². The molecule has 0 unspecified atom stereocenters. The van der Waals surface area contributed by atoms with Gasteiger partial charge in [-0.3, -0.25) is 4.79 Å². The highest BCUT2D eigenvalue weighted by Crippen LogP contribution is 2.31. The van der Waals surface area contributed by atoms with Gasteiger partial charge in [-0.25, -0.2) is 0 Å². The zero-order valence-corrected chi connectivity index (χ0v) is 8.40. The average molecular weight is 210 g/mol. The van der Waals surface area contributed by atoms with E-state index < -0.39 is 11.5 Å². The third kappa shape index (κ3) is 2.60. The predicted octanol–water partition coefficient (Wildman–Crippen LogP) is 0.623. The molecular weight excluding hydrogens is 196 g/mol. The lowest BCUT2D eigenvalue weighted by molar-refractivity contribution is -0.138. The molecule has 0 saturated carbocycles. The minimum Gasteiger partial charge on any atom is -0.508 e. The minimum absolute atomic E-state index is 0.0459. The summed E-state index contributed by atoms with van der Waals surface area (Å²) in [5, 5.41) is 18.2. The largest absolute Gasteiger partial charge is 0.508 e. The zero-order valence-electron chi connectivity index (χ0n) is 8.40. The van der Waals surface area contributed by atoms with Crippen molar-refractivity contribution in [3.05, 3.63) is 23.8 Å². The molecule has 82 valence electrons. The average Bonchev–Trinajstić information content (AvgIpc) is 2.06. The molecule has 1 atom stereocenters. The number of carboxylic acid groups (broad SMARTS) is 1. The Labute approximate surface area is 87.3 Å². The molecule has 0 spiro atoms. The van der Waals surface area contributed by atoms with Crippen LogP contribution in [0.25, 0.3) is 0 Å². The van der Waals surface area contributed by atoms with E-state index in [0.717, 1.165) is 0 Å². The van der Waals surface area contributed by atoms with Crippen LogP contribution in [0.5, 0.6) is 5.75 Å². The van der Waals surface area contributed by atoms with Crippen LogP contribution in [0.1, 0.15) is 18.9 Å². The molecule has 15 heavy (non-hydrogen) atoms. The maximum absolute atomic E-state index is 10.6. The summed E-state index contributed by atoms with van der Waals surface area (Å²) < 4.78 is 0. The van der Waals surface area contributed by atoms with Crippen molar-refractivity contribution >= 4 is 11.7 Å². The van der Waals surface area contributed by atoms with Crippen molar-refractivity contribution in [3.8, 4) is 5.75 Å². The first kappa shape index (κ1) is 11.3. The van der Waals surface area contributed by atoms with Gasteiger partial charge in [0.2, 0.25) is 0 Å². The molecule has 0 aromatic heterocycles. The molecule has 0 saturated heterocycles. The molecule has 0 aliphatic rings. The van der Waals surface area contributed by atoms with Crippen LogP contribution in [0, 0.1) is 0 Å². The number of phenols is 1. The maximum atomic E-state index is 10.6. The fraction of sp³-hybridized carbons (Fsp3) is 0.300. The van der Waals surface area contributed by atoms with E-state index in [9.17, 15) is 9.90 Å². The Hall–Kier alpha value is -1.75. The fourth-order valence-corrected chi connectivity index (χ4v) is 1.42. The van der Waals surface area contributed by atoms with E-state index in [1.54, 1.807) is 0 Å². The topological polar surface area (TPSA) is 110 Å². The normalized spacial score (nSPS) is 14.5. The van der Waals surface area contributed by atoms with E-state index >= 15 is 0 Å². The minimum atomic E-state index is -1.13. The van der Waals surface area contributed by atoms with Gasteiger partial charge in [-0.05, 0) is 25.1 Å². The molecule has 1 rings (SSSR count). The summed E-state index contributed by atoms with van der Waals surface area (Å²) in [6, 6.07) is 4.41. The van der Waals surface area contributed by atoms with E-state index in [2.05, 4.69) is 0 Å². The summed E-state index contributed by atoms with van der Waals surface area (Å²) in [7, 11) is 0. The number of carbonyl (C=O) groups is 1. The molecule has 5 heteroatoms. The Morgan fingerprint density at radius 3 is 2.67 bits per heavy atom. The van der Waals surface area contributed by atoms with Crippen LogP contribution in [0.15, 0.2) is 18.2 Å². The second kappa shape index (κ2) is 3.78. The second-order valence-electron chi connectivity index (χ2n) is 3.76. The van der Waals surface area contributed by atoms with Crippen molar-refractivity contribution in [1.82, 2.24) is 0 Å². The van der Waals surface area contributed by atoms with E-state index in [4.69, 9.17) is 16.6 Å². The number of rotatable bonds is 3. The van der Waals surface area contributed by atoms with Gasteiger partial charge in [-0.2, -0.15) is 0 Å². The molecule has 0 aliphatic carbocycles. The third-order valence-corrected chi connectivity index (χ3v) is 2.15. The highest BCUT2D eigenvalue weighted by atomic mass is 16.4. The summed E-state index contributed by atoms with van der Waals surface area (Å²) in [4.78, 5) is 10.6. The molecule has 0 amide bonds. The van der Waals surface area contributed by atoms with E-state index in [-0.39, 0.29) is 12.2 Å². The van der Waals surface area contributed by atoms with Crippen molar-refractivity contribution in [3.63, 3.8) is 0 Å². The standard InChI is InChI=1S/C10H14N2O3/c1-10(12,5-9(14)15)7-4-6(11)2-3-8(7)13/h2-4,13H,5,11-12H2,1H3,(H,14,15)/t10-/m0/s1. The van der Waals surface area contributed by atoms with E-state index in [1.807, 2.05) is 0 Å². The number of hydrogen-bond acceptors (Lipinski definition) is 4. The van der Waals surface area contributed by atoms with Crippen molar-refractivity contribution in [2.45, 2.75) is 18.9 Å². The van der Waals surface area contributed by atoms with Gasteiger partial charge in [0, 0.05) is 11.3 Å². The van der Waals surface area contributed by atoms with Crippen molar-refractivity contribution in [1.29, 1.82) is 0 Å². The van der Waals surface area contributed by atoms with Gasteiger partial charge in [-0.15, -0.1) is 0 Å². The fourth-order valence-electron chi connectivity index (χ4n) is 1.42. The number of carboxylic acids is 1. The van der Waals surface area contributed by atoms with Crippen LogP contribution < -0.4 is 11.5 Å². The Bertz CT molecular complexity index is 388. The van der Waals surface area contributed by atoms with Gasteiger partial charge in [0.1, 0.15) is 5.75 Å². The number of aromatic hydroxyl groups is 1. The van der Waals surface area contributed by atoms with Gasteiger partial charge in [-0.1, -0.05) is 0 Å². The molecule has 0 aliphatic heterocycles. The molecule has 1 aromatic carbocycles. The molecule has 0 bridgehead atoms. The lowest BCUT2D eigenvalue weighted by Gasteiger charge is -2.24. The maximum Gasteiger partial charge on any atom is 0.305 e. The van der Waals surface area contributed by atoms with Gasteiger partial charge in [0.05, 0.1) is 12.0 Å². The van der Waals surface area contributed by atoms with E-state index in [0.29, 0.717) is 11.3 Å². The van der Waals surface area contributed by atoms with Crippen LogP contribution in [0.2, 0.25) is 0 Å². The number of benzene rings is 1. The predicted molar refractivity (Wildman–Crippen MR) is 56.3 cm³/mol. The lowest BCUT2D eigenvalue weighted by Crippen LogP contribution is -2.35. The number of anilines is 1. The molecule has 1 aromatic rings. The molecule has 0 heterocycles. The number of nitrogen functional groups attached to an aromatic ring is 1. The summed E-state index contributed by atoms with van der Waals surface area (Å²) >= 11 is 0. The van der Waals surface area contributed by atoms with Crippen molar-refractivity contribution in [2.24, 2.45) is 5.73 Å². The van der Waals surface area contributed by atoms with Gasteiger partial charge < -0.3 is 21.7 Å². The summed E-state index contributed by atoms with van der Waals surface area (Å²) in [6.45, 7) is 1.54. The molecule has 0 radical (unpaired) electrons. The number of nitrogens with two attached hydrogens (primary N) is 2. The third-order valence-electron chi connectivity index (χ3n) is 2.15. The highest BCUT2D eigenvalue weighted by molar-refractivity contribution is 5.69. The smallest absolute Gasteiger partial charge is 0.305 e. The SMILES string of the molecule is C[C@](N)(CC(=O)O)c1cc(N)ccc1O. The Morgan fingerprint density at radius 1 is 1.53 bits per heavy atom. The van der Waals surface area contributed by atoms with Crippen LogP contribution in [-0.4, -0.2) is 16.2 Å². The Kier molecular flexibility index (Phi) is 2.85. The molecule has 5 nitrogen and oxygen atoms in total. The zero-order chi connectivity index (χ0) is 11.6. The number of phenolic OH excluding ortho intramolecular Hbond substituents is 1. The van der Waals surface area contributed by atoms with Gasteiger partial charge in [0.25, 0.3) is 0 Å².